The van der Waals surface area contributed by atoms with Crippen LogP contribution in [-0.2, 0) is 6.42 Å². The van der Waals surface area contributed by atoms with Crippen molar-refractivity contribution >= 4 is 11.6 Å². The molecule has 108 valence electrons. The van der Waals surface area contributed by atoms with Gasteiger partial charge in [-0.1, -0.05) is 13.8 Å². The molecule has 0 aliphatic rings. The van der Waals surface area contributed by atoms with Gasteiger partial charge < -0.3 is 15.7 Å². The van der Waals surface area contributed by atoms with E-state index >= 15 is 0 Å². The van der Waals surface area contributed by atoms with Crippen LogP contribution in [0, 0.1) is 6.92 Å². The largest absolute Gasteiger partial charge is 0.396 e. The number of nitrogens with one attached hydrogen (secondary N) is 2. The van der Waals surface area contributed by atoms with E-state index in [0.29, 0.717) is 0 Å². The maximum atomic E-state index is 8.84. The maximum Gasteiger partial charge on any atom is 0.134 e. The van der Waals surface area contributed by atoms with E-state index in [2.05, 4.69) is 34.4 Å². The van der Waals surface area contributed by atoms with Gasteiger partial charge in [0.1, 0.15) is 17.5 Å². The molecule has 1 rings (SSSR count). The molecule has 0 aromatic carbocycles. The molecule has 0 aliphatic heterocycles. The predicted octanol–water partition coefficient (Wildman–Crippen LogP) is 2.35. The second kappa shape index (κ2) is 8.69. The van der Waals surface area contributed by atoms with E-state index in [9.17, 15) is 0 Å². The van der Waals surface area contributed by atoms with Crippen molar-refractivity contribution in [3.05, 3.63) is 11.4 Å². The molecule has 1 heterocycles. The van der Waals surface area contributed by atoms with Crippen molar-refractivity contribution in [2.45, 2.75) is 46.5 Å². The van der Waals surface area contributed by atoms with Crippen LogP contribution in [0.25, 0.3) is 0 Å². The van der Waals surface area contributed by atoms with E-state index in [-0.39, 0.29) is 6.61 Å². The molecule has 0 saturated carbocycles. The van der Waals surface area contributed by atoms with Gasteiger partial charge in [-0.2, -0.15) is 0 Å². The first kappa shape index (κ1) is 15.7. The van der Waals surface area contributed by atoms with Crippen molar-refractivity contribution in [1.29, 1.82) is 0 Å². The smallest absolute Gasteiger partial charge is 0.134 e. The molecule has 0 fully saturated rings. The Kier molecular flexibility index (Phi) is 7.18. The Morgan fingerprint density at radius 3 is 2.16 bits per heavy atom. The summed E-state index contributed by atoms with van der Waals surface area (Å²) in [4.78, 5) is 9.14. The number of aryl methyl sites for hydroxylation is 1. The Hall–Kier alpha value is -1.36. The lowest BCUT2D eigenvalue weighted by Crippen LogP contribution is -2.13. The monoisotopic (exact) mass is 266 g/mol. The zero-order valence-electron chi connectivity index (χ0n) is 12.3. The van der Waals surface area contributed by atoms with Gasteiger partial charge in [0.05, 0.1) is 0 Å². The zero-order valence-corrected chi connectivity index (χ0v) is 12.3. The molecular formula is C14H26N4O. The Labute approximate surface area is 115 Å². The fourth-order valence-corrected chi connectivity index (χ4v) is 1.77. The minimum atomic E-state index is 0.194. The Morgan fingerprint density at radius 2 is 1.63 bits per heavy atom. The fraction of sp³-hybridized carbons (Fsp3) is 0.714. The number of hydrogen-bond acceptors (Lipinski definition) is 5. The first-order valence-corrected chi connectivity index (χ1v) is 7.19. The van der Waals surface area contributed by atoms with Crippen LogP contribution in [0.4, 0.5) is 11.6 Å². The third kappa shape index (κ3) is 5.03. The average Bonchev–Trinajstić information content (AvgIpc) is 2.41. The van der Waals surface area contributed by atoms with Crippen LogP contribution < -0.4 is 10.6 Å². The van der Waals surface area contributed by atoms with Gasteiger partial charge in [0, 0.05) is 31.7 Å². The van der Waals surface area contributed by atoms with Crippen LogP contribution in [-0.4, -0.2) is 34.8 Å². The minimum absolute atomic E-state index is 0.194. The molecule has 0 saturated heterocycles. The molecule has 5 heteroatoms. The standard InChI is InChI=1S/C14H26N4O/c1-4-7-12-17-13(15-8-5-2)11(3)14(18-12)16-9-6-10-19/h19H,4-10H2,1-3H3,(H2,15,16,17,18). The molecule has 19 heavy (non-hydrogen) atoms. The number of aliphatic hydroxyl groups excluding tert-OH is 1. The van der Waals surface area contributed by atoms with Crippen LogP contribution in [0.5, 0.6) is 0 Å². The van der Waals surface area contributed by atoms with Gasteiger partial charge in [0.2, 0.25) is 0 Å². The van der Waals surface area contributed by atoms with Gasteiger partial charge in [-0.3, -0.25) is 0 Å². The van der Waals surface area contributed by atoms with E-state index in [1.807, 2.05) is 6.92 Å². The highest BCUT2D eigenvalue weighted by Crippen LogP contribution is 2.20. The highest BCUT2D eigenvalue weighted by Gasteiger charge is 2.09. The second-order valence-corrected chi connectivity index (χ2v) is 4.64. The van der Waals surface area contributed by atoms with Crippen molar-refractivity contribution in [3.8, 4) is 0 Å². The Balaban J connectivity index is 2.88. The van der Waals surface area contributed by atoms with Crippen molar-refractivity contribution in [1.82, 2.24) is 9.97 Å². The topological polar surface area (TPSA) is 70.1 Å². The normalized spacial score (nSPS) is 10.5. The maximum absolute atomic E-state index is 8.84. The van der Waals surface area contributed by atoms with Crippen LogP contribution in [0.15, 0.2) is 0 Å². The van der Waals surface area contributed by atoms with E-state index in [1.165, 1.54) is 0 Å². The Bertz CT molecular complexity index is 382. The van der Waals surface area contributed by atoms with Gasteiger partial charge >= 0.3 is 0 Å². The molecule has 0 radical (unpaired) electrons. The molecular weight excluding hydrogens is 240 g/mol. The molecule has 0 bridgehead atoms. The number of aliphatic hydroxyl groups is 1. The Morgan fingerprint density at radius 1 is 1.00 bits per heavy atom. The first-order valence-electron chi connectivity index (χ1n) is 7.19. The molecule has 0 atom stereocenters. The number of hydrogen-bond donors (Lipinski definition) is 3. The van der Waals surface area contributed by atoms with Crippen molar-refractivity contribution in [2.24, 2.45) is 0 Å². The van der Waals surface area contributed by atoms with Crippen molar-refractivity contribution in [3.63, 3.8) is 0 Å². The molecule has 3 N–H and O–H groups in total. The highest BCUT2D eigenvalue weighted by molar-refractivity contribution is 5.57. The lowest BCUT2D eigenvalue weighted by Gasteiger charge is -2.14. The first-order chi connectivity index (χ1) is 9.22. The number of nitrogens with zero attached hydrogens (tertiary/aromatic N) is 2. The van der Waals surface area contributed by atoms with E-state index in [1.54, 1.807) is 0 Å². The van der Waals surface area contributed by atoms with Gasteiger partial charge in [0.15, 0.2) is 0 Å². The van der Waals surface area contributed by atoms with E-state index in [4.69, 9.17) is 5.11 Å². The average molecular weight is 266 g/mol. The predicted molar refractivity (Wildman–Crippen MR) is 79.7 cm³/mol. The minimum Gasteiger partial charge on any atom is -0.396 e. The SMILES string of the molecule is CCCNc1nc(CCC)nc(NCCCO)c1C. The summed E-state index contributed by atoms with van der Waals surface area (Å²) in [7, 11) is 0. The fourth-order valence-electron chi connectivity index (χ4n) is 1.77. The number of aromatic nitrogens is 2. The lowest BCUT2D eigenvalue weighted by atomic mass is 10.2. The van der Waals surface area contributed by atoms with Crippen LogP contribution in [0.1, 0.15) is 44.5 Å². The summed E-state index contributed by atoms with van der Waals surface area (Å²) in [6.45, 7) is 8.12. The third-order valence-corrected chi connectivity index (χ3v) is 2.84. The number of rotatable bonds is 9. The van der Waals surface area contributed by atoms with Crippen LogP contribution in [0.2, 0.25) is 0 Å². The highest BCUT2D eigenvalue weighted by atomic mass is 16.3. The molecule has 0 aliphatic carbocycles. The second-order valence-electron chi connectivity index (χ2n) is 4.64. The molecule has 1 aromatic heterocycles. The molecule has 1 aromatic rings. The molecule has 5 nitrogen and oxygen atoms in total. The van der Waals surface area contributed by atoms with Crippen molar-refractivity contribution < 1.29 is 5.11 Å². The third-order valence-electron chi connectivity index (χ3n) is 2.84. The van der Waals surface area contributed by atoms with Crippen LogP contribution >= 0.6 is 0 Å². The summed E-state index contributed by atoms with van der Waals surface area (Å²) in [6, 6.07) is 0. The zero-order chi connectivity index (χ0) is 14.1. The van der Waals surface area contributed by atoms with Crippen molar-refractivity contribution in [2.75, 3.05) is 30.3 Å². The van der Waals surface area contributed by atoms with E-state index < -0.39 is 0 Å². The molecule has 0 amide bonds. The molecule has 0 spiro atoms. The number of anilines is 2. The summed E-state index contributed by atoms with van der Waals surface area (Å²) >= 11 is 0. The van der Waals surface area contributed by atoms with Gasteiger partial charge in [-0.05, 0) is 26.2 Å². The quantitative estimate of drug-likeness (QED) is 0.599. The molecule has 0 unspecified atom stereocenters. The lowest BCUT2D eigenvalue weighted by molar-refractivity contribution is 0.292. The summed E-state index contributed by atoms with van der Waals surface area (Å²) in [5.41, 5.74) is 1.05. The van der Waals surface area contributed by atoms with Gasteiger partial charge in [-0.25, -0.2) is 9.97 Å². The van der Waals surface area contributed by atoms with Crippen LogP contribution in [0.3, 0.4) is 0 Å². The summed E-state index contributed by atoms with van der Waals surface area (Å²) in [6.07, 6.45) is 3.71. The van der Waals surface area contributed by atoms with Gasteiger partial charge in [-0.15, -0.1) is 0 Å². The van der Waals surface area contributed by atoms with E-state index in [0.717, 1.165) is 61.8 Å². The van der Waals surface area contributed by atoms with Gasteiger partial charge in [0.25, 0.3) is 0 Å². The summed E-state index contributed by atoms with van der Waals surface area (Å²) in [5, 5.41) is 15.5. The summed E-state index contributed by atoms with van der Waals surface area (Å²) < 4.78 is 0. The summed E-state index contributed by atoms with van der Waals surface area (Å²) in [5.74, 6) is 2.68.